The van der Waals surface area contributed by atoms with E-state index in [0.29, 0.717) is 0 Å². The number of aliphatic carboxylic acids is 3. The smallest absolute Gasteiger partial charge is 0.335 e. The largest absolute Gasteiger partial charge is 0.481 e. The lowest BCUT2D eigenvalue weighted by Crippen LogP contribution is -2.67. The van der Waals surface area contributed by atoms with Crippen LogP contribution < -0.4 is 0 Å². The summed E-state index contributed by atoms with van der Waals surface area (Å²) in [5.41, 5.74) is -2.36. The summed E-state index contributed by atoms with van der Waals surface area (Å²) in [7, 11) is 0. The first-order chi connectivity index (χ1) is 9.98. The molecule has 1 heterocycles. The van der Waals surface area contributed by atoms with Crippen molar-refractivity contribution in [2.75, 3.05) is 0 Å². The first kappa shape index (κ1) is 18.3. The quantitative estimate of drug-likeness (QED) is 0.296. The molecule has 0 aromatic rings. The van der Waals surface area contributed by atoms with Gasteiger partial charge in [-0.1, -0.05) is 0 Å². The van der Waals surface area contributed by atoms with Crippen molar-refractivity contribution in [1.29, 1.82) is 0 Å². The molecule has 1 saturated heterocycles. The molecule has 6 N–H and O–H groups in total. The van der Waals surface area contributed by atoms with E-state index in [-0.39, 0.29) is 0 Å². The summed E-state index contributed by atoms with van der Waals surface area (Å²) >= 11 is 0. The fraction of sp³-hybridized carbons (Fsp3) is 0.727. The SMILES string of the molecule is CC1(O)C(O)[C@@H](O)C(C(=O)O)O[C@@H]1OC(CC(=O)O)C(=O)O. The Labute approximate surface area is 123 Å². The highest BCUT2D eigenvalue weighted by Gasteiger charge is 2.55. The third-order valence-electron chi connectivity index (χ3n) is 3.15. The molecule has 1 aliphatic heterocycles. The highest BCUT2D eigenvalue weighted by molar-refractivity contribution is 5.79. The van der Waals surface area contributed by atoms with Crippen molar-refractivity contribution in [2.45, 2.75) is 49.7 Å². The van der Waals surface area contributed by atoms with Crippen molar-refractivity contribution < 1.29 is 54.5 Å². The van der Waals surface area contributed by atoms with Gasteiger partial charge in [0.15, 0.2) is 18.5 Å². The molecule has 126 valence electrons. The highest BCUT2D eigenvalue weighted by Crippen LogP contribution is 2.31. The van der Waals surface area contributed by atoms with Crippen LogP contribution in [0.1, 0.15) is 13.3 Å². The molecule has 1 rings (SSSR count). The molecule has 0 spiro atoms. The Kier molecular flexibility index (Phi) is 5.43. The molecule has 0 amide bonds. The second-order valence-corrected chi connectivity index (χ2v) is 4.95. The molecule has 11 heteroatoms. The summed E-state index contributed by atoms with van der Waals surface area (Å²) in [4.78, 5) is 32.4. The van der Waals surface area contributed by atoms with Gasteiger partial charge in [-0.2, -0.15) is 0 Å². The van der Waals surface area contributed by atoms with Crippen molar-refractivity contribution >= 4 is 17.9 Å². The van der Waals surface area contributed by atoms with E-state index in [0.717, 1.165) is 6.92 Å². The molecule has 0 bridgehead atoms. The molecule has 0 aromatic heterocycles. The maximum atomic E-state index is 10.9. The van der Waals surface area contributed by atoms with Gasteiger partial charge in [0.25, 0.3) is 0 Å². The predicted octanol–water partition coefficient (Wildman–Crippen LogP) is -2.79. The number of ether oxygens (including phenoxy) is 2. The molecule has 1 fully saturated rings. The van der Waals surface area contributed by atoms with E-state index >= 15 is 0 Å². The van der Waals surface area contributed by atoms with Crippen LogP contribution in [0.2, 0.25) is 0 Å². The molecule has 0 aliphatic carbocycles. The summed E-state index contributed by atoms with van der Waals surface area (Å²) in [6.07, 6.45) is -10.9. The maximum absolute atomic E-state index is 10.9. The van der Waals surface area contributed by atoms with Gasteiger partial charge >= 0.3 is 17.9 Å². The van der Waals surface area contributed by atoms with Crippen molar-refractivity contribution in [3.63, 3.8) is 0 Å². The van der Waals surface area contributed by atoms with E-state index in [1.165, 1.54) is 0 Å². The monoisotopic (exact) mass is 324 g/mol. The summed E-state index contributed by atoms with van der Waals surface area (Å²) in [6, 6.07) is 0. The first-order valence-electron chi connectivity index (χ1n) is 6.05. The van der Waals surface area contributed by atoms with Crippen LogP contribution in [0, 0.1) is 0 Å². The van der Waals surface area contributed by atoms with E-state index in [1.807, 2.05) is 0 Å². The third-order valence-corrected chi connectivity index (χ3v) is 3.15. The molecule has 0 saturated carbocycles. The van der Waals surface area contributed by atoms with Crippen molar-refractivity contribution in [3.05, 3.63) is 0 Å². The number of aliphatic hydroxyl groups excluding tert-OH is 2. The summed E-state index contributed by atoms with van der Waals surface area (Å²) < 4.78 is 9.56. The number of carbonyl (C=O) groups is 3. The Morgan fingerprint density at radius 2 is 1.77 bits per heavy atom. The van der Waals surface area contributed by atoms with E-state index < -0.39 is 60.6 Å². The molecule has 0 radical (unpaired) electrons. The Morgan fingerprint density at radius 3 is 2.18 bits per heavy atom. The molecule has 22 heavy (non-hydrogen) atoms. The summed E-state index contributed by atoms with van der Waals surface area (Å²) in [5.74, 6) is -4.88. The average Bonchev–Trinajstić information content (AvgIpc) is 2.37. The molecular weight excluding hydrogens is 308 g/mol. The number of rotatable bonds is 6. The summed E-state index contributed by atoms with van der Waals surface area (Å²) in [5, 5.41) is 55.7. The van der Waals surface area contributed by atoms with Gasteiger partial charge < -0.3 is 40.1 Å². The molecule has 0 aromatic carbocycles. The number of hydrogen-bond donors (Lipinski definition) is 6. The molecule has 1 aliphatic rings. The number of carboxylic acid groups (broad SMARTS) is 3. The van der Waals surface area contributed by atoms with Crippen LogP contribution in [0.5, 0.6) is 0 Å². The standard InChI is InChI=1S/C11H16O11/c1-11(20)7(15)5(14)6(9(18)19)22-10(11)21-3(8(16)17)2-4(12)13/h3,5-7,10,14-15,20H,2H2,1H3,(H,12,13)(H,16,17)(H,18,19)/t3?,5-,6?,7?,10-,11?/m0/s1. The first-order valence-corrected chi connectivity index (χ1v) is 6.05. The van der Waals surface area contributed by atoms with Crippen LogP contribution in [0.25, 0.3) is 0 Å². The molecule has 6 atom stereocenters. The minimum absolute atomic E-state index is 0.920. The number of aliphatic hydroxyl groups is 3. The highest BCUT2D eigenvalue weighted by atomic mass is 16.7. The lowest BCUT2D eigenvalue weighted by atomic mass is 9.88. The fourth-order valence-corrected chi connectivity index (χ4v) is 1.88. The van der Waals surface area contributed by atoms with E-state index in [1.54, 1.807) is 0 Å². The van der Waals surface area contributed by atoms with Gasteiger partial charge in [-0.05, 0) is 6.92 Å². The van der Waals surface area contributed by atoms with E-state index in [9.17, 15) is 29.7 Å². The minimum atomic E-state index is -2.36. The van der Waals surface area contributed by atoms with Crippen molar-refractivity contribution in [2.24, 2.45) is 0 Å². The van der Waals surface area contributed by atoms with Gasteiger partial charge in [0.2, 0.25) is 0 Å². The van der Waals surface area contributed by atoms with Crippen molar-refractivity contribution in [3.8, 4) is 0 Å². The van der Waals surface area contributed by atoms with Gasteiger partial charge in [0.05, 0.1) is 6.42 Å². The van der Waals surface area contributed by atoms with Crippen LogP contribution >= 0.6 is 0 Å². The van der Waals surface area contributed by atoms with Crippen LogP contribution in [0.3, 0.4) is 0 Å². The second kappa shape index (κ2) is 6.54. The zero-order valence-electron chi connectivity index (χ0n) is 11.3. The van der Waals surface area contributed by atoms with Gasteiger partial charge in [0, 0.05) is 0 Å². The van der Waals surface area contributed by atoms with Crippen LogP contribution in [-0.2, 0) is 23.9 Å². The maximum Gasteiger partial charge on any atom is 0.335 e. The van der Waals surface area contributed by atoms with Crippen molar-refractivity contribution in [1.82, 2.24) is 0 Å². The van der Waals surface area contributed by atoms with Gasteiger partial charge in [0.1, 0.15) is 17.8 Å². The average molecular weight is 324 g/mol. The van der Waals surface area contributed by atoms with Gasteiger partial charge in [-0.3, -0.25) is 4.79 Å². The predicted molar refractivity (Wildman–Crippen MR) is 63.7 cm³/mol. The normalized spacial score (nSPS) is 36.5. The Hall–Kier alpha value is -1.79. The zero-order valence-corrected chi connectivity index (χ0v) is 11.3. The molecular formula is C11H16O11. The van der Waals surface area contributed by atoms with Gasteiger partial charge in [-0.25, -0.2) is 9.59 Å². The van der Waals surface area contributed by atoms with Gasteiger partial charge in [-0.15, -0.1) is 0 Å². The fourth-order valence-electron chi connectivity index (χ4n) is 1.88. The van der Waals surface area contributed by atoms with Crippen LogP contribution in [-0.4, -0.2) is 84.9 Å². The topological polar surface area (TPSA) is 191 Å². The number of hydrogen-bond acceptors (Lipinski definition) is 8. The Bertz CT molecular complexity index is 459. The zero-order chi connectivity index (χ0) is 17.2. The lowest BCUT2D eigenvalue weighted by molar-refractivity contribution is -0.336. The number of carboxylic acids is 3. The van der Waals surface area contributed by atoms with E-state index in [2.05, 4.69) is 0 Å². The van der Waals surface area contributed by atoms with Crippen LogP contribution in [0.4, 0.5) is 0 Å². The minimum Gasteiger partial charge on any atom is -0.481 e. The van der Waals surface area contributed by atoms with Crippen LogP contribution in [0.15, 0.2) is 0 Å². The van der Waals surface area contributed by atoms with E-state index in [4.69, 9.17) is 24.8 Å². The third kappa shape index (κ3) is 3.69. The summed E-state index contributed by atoms with van der Waals surface area (Å²) in [6.45, 7) is 0.920. The Morgan fingerprint density at radius 1 is 1.23 bits per heavy atom. The molecule has 11 nitrogen and oxygen atoms in total. The Balaban J connectivity index is 3.00. The lowest BCUT2D eigenvalue weighted by Gasteiger charge is -2.45. The second-order valence-electron chi connectivity index (χ2n) is 4.95. The molecule has 4 unspecified atom stereocenters.